The zero-order chi connectivity index (χ0) is 9.26. The van der Waals surface area contributed by atoms with Gasteiger partial charge in [0.15, 0.2) is 0 Å². The lowest BCUT2D eigenvalue weighted by molar-refractivity contribution is 0.525. The molecule has 1 aromatic heterocycles. The van der Waals surface area contributed by atoms with Crippen molar-refractivity contribution >= 4 is 22.6 Å². The lowest BCUT2D eigenvalue weighted by Gasteiger charge is -1.96. The summed E-state index contributed by atoms with van der Waals surface area (Å²) in [6, 6.07) is 8.20. The van der Waals surface area contributed by atoms with Gasteiger partial charge >= 0.3 is 0 Å². The van der Waals surface area contributed by atoms with E-state index in [0.717, 1.165) is 11.3 Å². The number of aromatic nitrogens is 1. The lowest BCUT2D eigenvalue weighted by Crippen LogP contribution is -1.78. The van der Waals surface area contributed by atoms with Crippen LogP contribution in [0.3, 0.4) is 0 Å². The van der Waals surface area contributed by atoms with Crippen LogP contribution in [0.25, 0.3) is 11.3 Å². The molecule has 0 atom stereocenters. The fraction of sp³-hybridized carbons (Fsp3) is 0.100. The first-order chi connectivity index (χ1) is 6.25. The highest BCUT2D eigenvalue weighted by molar-refractivity contribution is 14.1. The SMILES string of the molecule is Cc1cccc(-c2coc(I)n2)c1. The van der Waals surface area contributed by atoms with E-state index in [2.05, 4.69) is 46.6 Å². The first kappa shape index (κ1) is 8.74. The van der Waals surface area contributed by atoms with Crippen molar-refractivity contribution < 1.29 is 4.42 Å². The molecule has 0 N–H and O–H groups in total. The Morgan fingerprint density at radius 1 is 1.38 bits per heavy atom. The van der Waals surface area contributed by atoms with Crippen molar-refractivity contribution in [2.45, 2.75) is 6.92 Å². The van der Waals surface area contributed by atoms with Crippen molar-refractivity contribution in [3.8, 4) is 11.3 Å². The van der Waals surface area contributed by atoms with E-state index in [1.807, 2.05) is 12.1 Å². The number of benzene rings is 1. The molecule has 0 spiro atoms. The molecule has 0 saturated heterocycles. The molecule has 2 rings (SSSR count). The molecule has 2 aromatic rings. The highest BCUT2D eigenvalue weighted by atomic mass is 127. The summed E-state index contributed by atoms with van der Waals surface area (Å²) in [6.07, 6.45) is 1.68. The molecular weight excluding hydrogens is 277 g/mol. The van der Waals surface area contributed by atoms with Crippen molar-refractivity contribution in [1.82, 2.24) is 4.98 Å². The smallest absolute Gasteiger partial charge is 0.257 e. The summed E-state index contributed by atoms with van der Waals surface area (Å²) < 4.78 is 5.81. The number of rotatable bonds is 1. The highest BCUT2D eigenvalue weighted by Gasteiger charge is 2.02. The molecule has 0 saturated carbocycles. The fourth-order valence-corrected chi connectivity index (χ4v) is 1.58. The van der Waals surface area contributed by atoms with E-state index in [0.29, 0.717) is 3.90 Å². The van der Waals surface area contributed by atoms with Gasteiger partial charge in [-0.05, 0) is 13.0 Å². The van der Waals surface area contributed by atoms with E-state index in [4.69, 9.17) is 4.42 Å². The Kier molecular flexibility index (Phi) is 2.35. The third-order valence-electron chi connectivity index (χ3n) is 1.79. The quantitative estimate of drug-likeness (QED) is 0.752. The third kappa shape index (κ3) is 1.91. The van der Waals surface area contributed by atoms with Crippen molar-refractivity contribution in [2.24, 2.45) is 0 Å². The molecule has 3 heteroatoms. The van der Waals surface area contributed by atoms with Crippen LogP contribution in [0.2, 0.25) is 0 Å². The van der Waals surface area contributed by atoms with E-state index in [9.17, 15) is 0 Å². The average Bonchev–Trinajstić information content (AvgIpc) is 2.52. The van der Waals surface area contributed by atoms with Crippen LogP contribution in [0, 0.1) is 10.8 Å². The Bertz CT molecular complexity index is 422. The maximum absolute atomic E-state index is 5.13. The molecule has 0 unspecified atom stereocenters. The summed E-state index contributed by atoms with van der Waals surface area (Å²) in [5.74, 6) is 0. The highest BCUT2D eigenvalue weighted by Crippen LogP contribution is 2.19. The van der Waals surface area contributed by atoms with Gasteiger partial charge in [-0.15, -0.1) is 0 Å². The Labute approximate surface area is 90.1 Å². The molecule has 0 bridgehead atoms. The van der Waals surface area contributed by atoms with E-state index >= 15 is 0 Å². The van der Waals surface area contributed by atoms with E-state index in [1.54, 1.807) is 6.26 Å². The van der Waals surface area contributed by atoms with Gasteiger partial charge in [-0.1, -0.05) is 23.8 Å². The molecule has 1 heterocycles. The minimum Gasteiger partial charge on any atom is -0.440 e. The van der Waals surface area contributed by atoms with Crippen LogP contribution in [-0.2, 0) is 0 Å². The summed E-state index contributed by atoms with van der Waals surface area (Å²) >= 11 is 2.06. The summed E-state index contributed by atoms with van der Waals surface area (Å²) in [5.41, 5.74) is 3.23. The van der Waals surface area contributed by atoms with Crippen molar-refractivity contribution in [2.75, 3.05) is 0 Å². The van der Waals surface area contributed by atoms with Gasteiger partial charge < -0.3 is 4.42 Å². The van der Waals surface area contributed by atoms with Crippen molar-refractivity contribution in [3.05, 3.63) is 40.0 Å². The predicted octanol–water partition coefficient (Wildman–Crippen LogP) is 3.25. The standard InChI is InChI=1S/C10H8INO/c1-7-3-2-4-8(5-7)9-6-13-10(11)12-9/h2-6H,1H3. The summed E-state index contributed by atoms with van der Waals surface area (Å²) in [7, 11) is 0. The number of hydrogen-bond donors (Lipinski definition) is 0. The van der Waals surface area contributed by atoms with Gasteiger partial charge in [-0.2, -0.15) is 0 Å². The second-order valence-electron chi connectivity index (χ2n) is 2.86. The van der Waals surface area contributed by atoms with Crippen LogP contribution in [0.15, 0.2) is 34.9 Å². The van der Waals surface area contributed by atoms with Gasteiger partial charge in [-0.3, -0.25) is 0 Å². The van der Waals surface area contributed by atoms with E-state index in [1.165, 1.54) is 5.56 Å². The van der Waals surface area contributed by atoms with Gasteiger partial charge in [0.1, 0.15) is 12.0 Å². The molecule has 0 fully saturated rings. The van der Waals surface area contributed by atoms with E-state index in [-0.39, 0.29) is 0 Å². The minimum atomic E-state index is 0.675. The first-order valence-electron chi connectivity index (χ1n) is 3.94. The van der Waals surface area contributed by atoms with Crippen LogP contribution in [0.4, 0.5) is 0 Å². The molecule has 2 nitrogen and oxygen atoms in total. The molecule has 13 heavy (non-hydrogen) atoms. The zero-order valence-corrected chi connectivity index (χ0v) is 9.28. The van der Waals surface area contributed by atoms with Crippen LogP contribution >= 0.6 is 22.6 Å². The van der Waals surface area contributed by atoms with Crippen LogP contribution in [-0.4, -0.2) is 4.98 Å². The van der Waals surface area contributed by atoms with E-state index < -0.39 is 0 Å². The van der Waals surface area contributed by atoms with Crippen LogP contribution in [0.5, 0.6) is 0 Å². The van der Waals surface area contributed by atoms with Gasteiger partial charge in [0.2, 0.25) is 0 Å². The lowest BCUT2D eigenvalue weighted by atomic mass is 10.1. The van der Waals surface area contributed by atoms with Gasteiger partial charge in [0, 0.05) is 28.2 Å². The Morgan fingerprint density at radius 2 is 2.23 bits per heavy atom. The second kappa shape index (κ2) is 3.49. The first-order valence-corrected chi connectivity index (χ1v) is 5.01. The monoisotopic (exact) mass is 285 g/mol. The normalized spacial score (nSPS) is 10.3. The molecule has 0 aliphatic rings. The molecule has 0 radical (unpaired) electrons. The molecule has 66 valence electrons. The van der Waals surface area contributed by atoms with Crippen LogP contribution in [0.1, 0.15) is 5.56 Å². The minimum absolute atomic E-state index is 0.675. The summed E-state index contributed by atoms with van der Waals surface area (Å²) in [6.45, 7) is 2.06. The summed E-state index contributed by atoms with van der Waals surface area (Å²) in [5, 5.41) is 0. The predicted molar refractivity (Wildman–Crippen MR) is 59.4 cm³/mol. The van der Waals surface area contributed by atoms with Crippen molar-refractivity contribution in [3.63, 3.8) is 0 Å². The fourth-order valence-electron chi connectivity index (χ4n) is 1.19. The molecular formula is C10H8INO. The molecule has 0 aliphatic carbocycles. The van der Waals surface area contributed by atoms with Crippen molar-refractivity contribution in [1.29, 1.82) is 0 Å². The van der Waals surface area contributed by atoms with Crippen LogP contribution < -0.4 is 0 Å². The van der Waals surface area contributed by atoms with Gasteiger partial charge in [0.25, 0.3) is 3.90 Å². The molecule has 1 aromatic carbocycles. The molecule has 0 amide bonds. The maximum Gasteiger partial charge on any atom is 0.257 e. The topological polar surface area (TPSA) is 26.0 Å². The zero-order valence-electron chi connectivity index (χ0n) is 7.12. The second-order valence-corrected chi connectivity index (χ2v) is 3.78. The number of halogens is 1. The maximum atomic E-state index is 5.13. The number of aryl methyl sites for hydroxylation is 1. The average molecular weight is 285 g/mol. The summed E-state index contributed by atoms with van der Waals surface area (Å²) in [4.78, 5) is 4.24. The largest absolute Gasteiger partial charge is 0.440 e. The number of hydrogen-bond acceptors (Lipinski definition) is 2. The number of nitrogens with zero attached hydrogens (tertiary/aromatic N) is 1. The Morgan fingerprint density at radius 3 is 2.85 bits per heavy atom. The van der Waals surface area contributed by atoms with Gasteiger partial charge in [-0.25, -0.2) is 4.98 Å². The molecule has 0 aliphatic heterocycles. The third-order valence-corrected chi connectivity index (χ3v) is 2.29. The number of oxazole rings is 1. The Balaban J connectivity index is 2.46. The van der Waals surface area contributed by atoms with Gasteiger partial charge in [0.05, 0.1) is 0 Å². The Hall–Kier alpha value is -0.840.